The summed E-state index contributed by atoms with van der Waals surface area (Å²) in [5.41, 5.74) is -0.170. The number of hydrogen-bond donors (Lipinski definition) is 1. The highest BCUT2D eigenvalue weighted by Crippen LogP contribution is 2.15. The summed E-state index contributed by atoms with van der Waals surface area (Å²) >= 11 is 1.70. The number of carbonyl (C=O) groups excluding carboxylic acids is 1. The number of carbonyl (C=O) groups is 1. The van der Waals surface area contributed by atoms with Gasteiger partial charge >= 0.3 is 0 Å². The van der Waals surface area contributed by atoms with Gasteiger partial charge in [0, 0.05) is 17.0 Å². The highest BCUT2D eigenvalue weighted by Gasteiger charge is 2.20. The Morgan fingerprint density at radius 1 is 1.32 bits per heavy atom. The lowest BCUT2D eigenvalue weighted by Crippen LogP contribution is -2.47. The lowest BCUT2D eigenvalue weighted by molar-refractivity contribution is -0.124. The van der Waals surface area contributed by atoms with Crippen molar-refractivity contribution in [3.8, 4) is 0 Å². The largest absolute Gasteiger partial charge is 0.468 e. The van der Waals surface area contributed by atoms with Gasteiger partial charge in [-0.1, -0.05) is 13.0 Å². The van der Waals surface area contributed by atoms with Gasteiger partial charge in [-0.15, -0.1) is 11.3 Å². The molecule has 2 heterocycles. The number of thiophene rings is 1. The summed E-state index contributed by atoms with van der Waals surface area (Å²) in [4.78, 5) is 15.7. The Labute approximate surface area is 136 Å². The maximum absolute atomic E-state index is 12.3. The monoisotopic (exact) mass is 320 g/mol. The zero-order chi connectivity index (χ0) is 16.0. The summed E-state index contributed by atoms with van der Waals surface area (Å²) in [5.74, 6) is 0.925. The van der Waals surface area contributed by atoms with Crippen molar-refractivity contribution in [1.29, 1.82) is 0 Å². The van der Waals surface area contributed by atoms with Crippen molar-refractivity contribution in [1.82, 2.24) is 10.2 Å². The van der Waals surface area contributed by atoms with Gasteiger partial charge in [0.2, 0.25) is 5.91 Å². The van der Waals surface area contributed by atoms with Gasteiger partial charge in [0.05, 0.1) is 19.4 Å². The smallest absolute Gasteiger partial charge is 0.234 e. The van der Waals surface area contributed by atoms with Crippen molar-refractivity contribution in [2.45, 2.75) is 45.8 Å². The molecule has 1 N–H and O–H groups in total. The van der Waals surface area contributed by atoms with Crippen LogP contribution in [-0.4, -0.2) is 22.9 Å². The SMILES string of the molecule is CCC(C)(C)NC(=O)CN(Cc1ccco1)Cc1cccs1. The van der Waals surface area contributed by atoms with Crippen molar-refractivity contribution in [2.24, 2.45) is 0 Å². The average Bonchev–Trinajstić information content (AvgIpc) is 3.11. The molecule has 22 heavy (non-hydrogen) atoms. The molecule has 120 valence electrons. The first kappa shape index (κ1) is 16.8. The van der Waals surface area contributed by atoms with Crippen molar-refractivity contribution >= 4 is 17.2 Å². The molecule has 0 spiro atoms. The highest BCUT2D eigenvalue weighted by molar-refractivity contribution is 7.09. The second-order valence-electron chi connectivity index (χ2n) is 6.09. The van der Waals surface area contributed by atoms with Crippen LogP contribution in [0.5, 0.6) is 0 Å². The summed E-state index contributed by atoms with van der Waals surface area (Å²) in [6.07, 6.45) is 2.57. The lowest BCUT2D eigenvalue weighted by Gasteiger charge is -2.27. The third-order valence-corrected chi connectivity index (χ3v) is 4.51. The van der Waals surface area contributed by atoms with Crippen LogP contribution in [0.25, 0.3) is 0 Å². The van der Waals surface area contributed by atoms with Gasteiger partial charge in [-0.2, -0.15) is 0 Å². The standard InChI is InChI=1S/C17H24N2O2S/c1-4-17(2,3)18-16(20)13-19(11-14-7-5-9-21-14)12-15-8-6-10-22-15/h5-10H,4,11-13H2,1-3H3,(H,18,20). The quantitative estimate of drug-likeness (QED) is 0.807. The molecule has 0 radical (unpaired) electrons. The van der Waals surface area contributed by atoms with Crippen LogP contribution in [0.4, 0.5) is 0 Å². The van der Waals surface area contributed by atoms with Crippen molar-refractivity contribution in [3.63, 3.8) is 0 Å². The maximum Gasteiger partial charge on any atom is 0.234 e. The Kier molecular flexibility index (Phi) is 5.80. The van der Waals surface area contributed by atoms with E-state index in [9.17, 15) is 4.79 Å². The molecule has 5 heteroatoms. The molecule has 2 aromatic rings. The van der Waals surface area contributed by atoms with Crippen LogP contribution in [0.1, 0.15) is 37.8 Å². The minimum atomic E-state index is -0.170. The number of rotatable bonds is 8. The lowest BCUT2D eigenvalue weighted by atomic mass is 10.0. The molecule has 0 aromatic carbocycles. The molecule has 1 amide bonds. The fraction of sp³-hybridized carbons (Fsp3) is 0.471. The van der Waals surface area contributed by atoms with E-state index in [2.05, 4.69) is 28.6 Å². The van der Waals surface area contributed by atoms with E-state index in [4.69, 9.17) is 4.42 Å². The number of amides is 1. The fourth-order valence-corrected chi connectivity index (χ4v) is 2.87. The molecule has 2 aromatic heterocycles. The van der Waals surface area contributed by atoms with Gasteiger partial charge in [0.25, 0.3) is 0 Å². The molecule has 0 aliphatic heterocycles. The van der Waals surface area contributed by atoms with Crippen LogP contribution < -0.4 is 5.32 Å². The van der Waals surface area contributed by atoms with Gasteiger partial charge in [0.1, 0.15) is 5.76 Å². The summed E-state index contributed by atoms with van der Waals surface area (Å²) in [6, 6.07) is 7.94. The zero-order valence-electron chi connectivity index (χ0n) is 13.5. The van der Waals surface area contributed by atoms with Crippen LogP contribution in [-0.2, 0) is 17.9 Å². The molecule has 4 nitrogen and oxygen atoms in total. The predicted octanol–water partition coefficient (Wildman–Crippen LogP) is 3.65. The predicted molar refractivity (Wildman–Crippen MR) is 89.7 cm³/mol. The summed E-state index contributed by atoms with van der Waals surface area (Å²) in [5, 5.41) is 5.14. The summed E-state index contributed by atoms with van der Waals surface area (Å²) in [6.45, 7) is 7.90. The van der Waals surface area contributed by atoms with Crippen LogP contribution >= 0.6 is 11.3 Å². The topological polar surface area (TPSA) is 45.5 Å². The van der Waals surface area contributed by atoms with Crippen LogP contribution in [0, 0.1) is 0 Å². The Balaban J connectivity index is 1.99. The highest BCUT2D eigenvalue weighted by atomic mass is 32.1. The number of hydrogen-bond acceptors (Lipinski definition) is 4. The van der Waals surface area contributed by atoms with E-state index < -0.39 is 0 Å². The first-order chi connectivity index (χ1) is 10.5. The van der Waals surface area contributed by atoms with Crippen LogP contribution in [0.2, 0.25) is 0 Å². The van der Waals surface area contributed by atoms with E-state index >= 15 is 0 Å². The Morgan fingerprint density at radius 2 is 2.14 bits per heavy atom. The zero-order valence-corrected chi connectivity index (χ0v) is 14.3. The summed E-state index contributed by atoms with van der Waals surface area (Å²) < 4.78 is 5.42. The molecule has 0 bridgehead atoms. The molecule has 0 unspecified atom stereocenters. The minimum absolute atomic E-state index is 0.0509. The van der Waals surface area contributed by atoms with Crippen molar-refractivity contribution in [3.05, 3.63) is 46.5 Å². The second-order valence-corrected chi connectivity index (χ2v) is 7.12. The van der Waals surface area contributed by atoms with Crippen molar-refractivity contribution < 1.29 is 9.21 Å². The molecule has 0 aliphatic carbocycles. The van der Waals surface area contributed by atoms with E-state index in [1.54, 1.807) is 17.6 Å². The third-order valence-electron chi connectivity index (χ3n) is 3.65. The first-order valence-electron chi connectivity index (χ1n) is 7.56. The average molecular weight is 320 g/mol. The van der Waals surface area contributed by atoms with E-state index in [1.807, 2.05) is 32.0 Å². The van der Waals surface area contributed by atoms with E-state index in [1.165, 1.54) is 4.88 Å². The molecule has 0 saturated heterocycles. The number of nitrogens with zero attached hydrogens (tertiary/aromatic N) is 1. The van der Waals surface area contributed by atoms with E-state index in [-0.39, 0.29) is 11.4 Å². The third kappa shape index (κ3) is 5.31. The number of furan rings is 1. The molecule has 2 rings (SSSR count). The second kappa shape index (κ2) is 7.61. The van der Waals surface area contributed by atoms with E-state index in [0.717, 1.165) is 18.7 Å². The molecule has 0 atom stereocenters. The Hall–Kier alpha value is -1.59. The van der Waals surface area contributed by atoms with Gasteiger partial charge in [-0.05, 0) is 43.8 Å². The van der Waals surface area contributed by atoms with Gasteiger partial charge < -0.3 is 9.73 Å². The molecular formula is C17H24N2O2S. The molecule has 0 aliphatic rings. The molecule has 0 fully saturated rings. The normalized spacial score (nSPS) is 11.8. The van der Waals surface area contributed by atoms with Crippen LogP contribution in [0.3, 0.4) is 0 Å². The molecular weight excluding hydrogens is 296 g/mol. The van der Waals surface area contributed by atoms with Crippen molar-refractivity contribution in [2.75, 3.05) is 6.54 Å². The van der Waals surface area contributed by atoms with Gasteiger partial charge in [-0.25, -0.2) is 0 Å². The van der Waals surface area contributed by atoms with Crippen LogP contribution in [0.15, 0.2) is 40.3 Å². The maximum atomic E-state index is 12.3. The molecule has 0 saturated carbocycles. The first-order valence-corrected chi connectivity index (χ1v) is 8.44. The van der Waals surface area contributed by atoms with Gasteiger partial charge in [0.15, 0.2) is 0 Å². The summed E-state index contributed by atoms with van der Waals surface area (Å²) in [7, 11) is 0. The van der Waals surface area contributed by atoms with E-state index in [0.29, 0.717) is 13.1 Å². The number of nitrogens with one attached hydrogen (secondary N) is 1. The Morgan fingerprint density at radius 3 is 2.73 bits per heavy atom. The Bertz CT molecular complexity index is 525. The fourth-order valence-electron chi connectivity index (χ4n) is 2.12. The minimum Gasteiger partial charge on any atom is -0.468 e. The van der Waals surface area contributed by atoms with Gasteiger partial charge in [-0.3, -0.25) is 9.69 Å².